The van der Waals surface area contributed by atoms with Gasteiger partial charge in [-0.05, 0) is 32.2 Å². The van der Waals surface area contributed by atoms with E-state index in [9.17, 15) is 0 Å². The van der Waals surface area contributed by atoms with Crippen molar-refractivity contribution in [1.82, 2.24) is 5.32 Å². The molecule has 0 heterocycles. The Bertz CT molecular complexity index is 184. The maximum Gasteiger partial charge on any atom is 0.0478 e. The van der Waals surface area contributed by atoms with Gasteiger partial charge in [-0.2, -0.15) is 0 Å². The fraction of sp³-hybridized carbons (Fsp3) is 1.00. The molecular formula is C18H37NO. The third-order valence-corrected chi connectivity index (χ3v) is 4.35. The fourth-order valence-corrected chi connectivity index (χ4v) is 3.09. The average Bonchev–Trinajstić information content (AvgIpc) is 2.45. The van der Waals surface area contributed by atoms with Crippen LogP contribution >= 0.6 is 0 Å². The summed E-state index contributed by atoms with van der Waals surface area (Å²) >= 11 is 0. The Hall–Kier alpha value is -0.0800. The standard InChI is InChI=1S/C18H37NO/c1-2-16-20-17-12-15-19-18-13-10-8-6-4-3-5-7-9-11-14-18/h18-19H,2-17H2,1H3. The minimum atomic E-state index is 0.764. The molecule has 0 unspecified atom stereocenters. The predicted octanol–water partition coefficient (Wildman–Crippen LogP) is 5.07. The van der Waals surface area contributed by atoms with E-state index >= 15 is 0 Å². The molecule has 0 aromatic rings. The smallest absolute Gasteiger partial charge is 0.0478 e. The molecule has 0 saturated heterocycles. The van der Waals surface area contributed by atoms with E-state index in [2.05, 4.69) is 12.2 Å². The van der Waals surface area contributed by atoms with E-state index in [0.29, 0.717) is 0 Å². The van der Waals surface area contributed by atoms with E-state index < -0.39 is 0 Å². The molecule has 1 fully saturated rings. The van der Waals surface area contributed by atoms with Crippen LogP contribution in [-0.4, -0.2) is 25.8 Å². The van der Waals surface area contributed by atoms with Crippen LogP contribution in [-0.2, 0) is 4.74 Å². The van der Waals surface area contributed by atoms with Gasteiger partial charge >= 0.3 is 0 Å². The molecule has 0 amide bonds. The second-order valence-corrected chi connectivity index (χ2v) is 6.38. The van der Waals surface area contributed by atoms with Crippen LogP contribution in [0, 0.1) is 0 Å². The van der Waals surface area contributed by atoms with Crippen LogP contribution in [0.2, 0.25) is 0 Å². The van der Waals surface area contributed by atoms with Crippen molar-refractivity contribution in [2.75, 3.05) is 19.8 Å². The van der Waals surface area contributed by atoms with E-state index in [1.54, 1.807) is 0 Å². The molecule has 1 N–H and O–H groups in total. The summed E-state index contributed by atoms with van der Waals surface area (Å²) in [5.41, 5.74) is 0. The molecule has 0 aromatic carbocycles. The molecule has 1 saturated carbocycles. The largest absolute Gasteiger partial charge is 0.381 e. The summed E-state index contributed by atoms with van der Waals surface area (Å²) in [4.78, 5) is 0. The van der Waals surface area contributed by atoms with Gasteiger partial charge in [-0.3, -0.25) is 0 Å². The summed E-state index contributed by atoms with van der Waals surface area (Å²) in [5.74, 6) is 0. The van der Waals surface area contributed by atoms with Crippen LogP contribution in [0.5, 0.6) is 0 Å². The van der Waals surface area contributed by atoms with Crippen molar-refractivity contribution in [3.05, 3.63) is 0 Å². The van der Waals surface area contributed by atoms with Crippen LogP contribution < -0.4 is 5.32 Å². The van der Waals surface area contributed by atoms with Gasteiger partial charge in [-0.15, -0.1) is 0 Å². The highest BCUT2D eigenvalue weighted by atomic mass is 16.5. The molecule has 0 aliphatic heterocycles. The zero-order chi connectivity index (χ0) is 14.3. The van der Waals surface area contributed by atoms with Gasteiger partial charge in [0.05, 0.1) is 0 Å². The Morgan fingerprint density at radius 3 is 1.90 bits per heavy atom. The Balaban J connectivity index is 2.08. The maximum atomic E-state index is 5.54. The topological polar surface area (TPSA) is 21.3 Å². The zero-order valence-electron chi connectivity index (χ0n) is 13.8. The number of hydrogen-bond acceptors (Lipinski definition) is 2. The van der Waals surface area contributed by atoms with Crippen LogP contribution in [0.4, 0.5) is 0 Å². The van der Waals surface area contributed by atoms with E-state index in [4.69, 9.17) is 4.74 Å². The Morgan fingerprint density at radius 1 is 0.800 bits per heavy atom. The highest BCUT2D eigenvalue weighted by Crippen LogP contribution is 2.16. The van der Waals surface area contributed by atoms with Crippen molar-refractivity contribution >= 4 is 0 Å². The number of hydrogen-bond donors (Lipinski definition) is 1. The van der Waals surface area contributed by atoms with Gasteiger partial charge in [0.25, 0.3) is 0 Å². The van der Waals surface area contributed by atoms with Gasteiger partial charge < -0.3 is 10.1 Å². The summed E-state index contributed by atoms with van der Waals surface area (Å²) in [7, 11) is 0. The van der Waals surface area contributed by atoms with Crippen LogP contribution in [0.15, 0.2) is 0 Å². The van der Waals surface area contributed by atoms with Crippen molar-refractivity contribution in [2.24, 2.45) is 0 Å². The van der Waals surface area contributed by atoms with Crippen molar-refractivity contribution in [3.8, 4) is 0 Å². The number of nitrogens with one attached hydrogen (secondary N) is 1. The maximum absolute atomic E-state index is 5.54. The van der Waals surface area contributed by atoms with Gasteiger partial charge in [-0.25, -0.2) is 0 Å². The van der Waals surface area contributed by atoms with Crippen molar-refractivity contribution in [3.63, 3.8) is 0 Å². The highest BCUT2D eigenvalue weighted by Gasteiger charge is 2.08. The molecule has 2 nitrogen and oxygen atoms in total. The van der Waals surface area contributed by atoms with Crippen molar-refractivity contribution in [2.45, 2.75) is 96.4 Å². The van der Waals surface area contributed by atoms with E-state index in [0.717, 1.165) is 38.6 Å². The summed E-state index contributed by atoms with van der Waals surface area (Å²) in [6, 6.07) is 0.764. The van der Waals surface area contributed by atoms with Gasteiger partial charge in [0.2, 0.25) is 0 Å². The van der Waals surface area contributed by atoms with Crippen molar-refractivity contribution < 1.29 is 4.74 Å². The summed E-state index contributed by atoms with van der Waals surface area (Å²) < 4.78 is 5.54. The first-order valence-corrected chi connectivity index (χ1v) is 9.24. The Morgan fingerprint density at radius 2 is 1.35 bits per heavy atom. The van der Waals surface area contributed by atoms with Crippen molar-refractivity contribution in [1.29, 1.82) is 0 Å². The third kappa shape index (κ3) is 10.7. The first kappa shape index (κ1) is 18.0. The Kier molecular flexibility index (Phi) is 12.5. The molecule has 20 heavy (non-hydrogen) atoms. The van der Waals surface area contributed by atoms with Gasteiger partial charge in [-0.1, -0.05) is 64.7 Å². The van der Waals surface area contributed by atoms with Gasteiger partial charge in [0.1, 0.15) is 0 Å². The summed E-state index contributed by atoms with van der Waals surface area (Å²) in [6.45, 7) is 5.15. The molecule has 1 aliphatic carbocycles. The Labute approximate surface area is 127 Å². The number of rotatable bonds is 7. The average molecular weight is 283 g/mol. The van der Waals surface area contributed by atoms with Crippen LogP contribution in [0.1, 0.15) is 90.4 Å². The van der Waals surface area contributed by atoms with E-state index in [1.807, 2.05) is 0 Å². The molecule has 0 atom stereocenters. The molecular weight excluding hydrogens is 246 g/mol. The first-order valence-electron chi connectivity index (χ1n) is 9.24. The molecule has 1 rings (SSSR count). The molecule has 0 aromatic heterocycles. The van der Waals surface area contributed by atoms with Crippen LogP contribution in [0.25, 0.3) is 0 Å². The molecule has 0 spiro atoms. The monoisotopic (exact) mass is 283 g/mol. The third-order valence-electron chi connectivity index (χ3n) is 4.35. The van der Waals surface area contributed by atoms with E-state index in [1.165, 1.54) is 70.6 Å². The quantitative estimate of drug-likeness (QED) is 0.659. The second-order valence-electron chi connectivity index (χ2n) is 6.38. The molecule has 2 heteroatoms. The summed E-state index contributed by atoms with van der Waals surface area (Å²) in [6.07, 6.45) is 18.1. The minimum absolute atomic E-state index is 0.764. The summed E-state index contributed by atoms with van der Waals surface area (Å²) in [5, 5.41) is 3.77. The normalized spacial score (nSPS) is 20.2. The lowest BCUT2D eigenvalue weighted by Gasteiger charge is -2.19. The number of ether oxygens (including phenoxy) is 1. The minimum Gasteiger partial charge on any atom is -0.381 e. The van der Waals surface area contributed by atoms with Gasteiger partial charge in [0, 0.05) is 19.3 Å². The molecule has 1 aliphatic rings. The fourth-order valence-electron chi connectivity index (χ4n) is 3.09. The molecule has 0 bridgehead atoms. The second kappa shape index (κ2) is 13.9. The van der Waals surface area contributed by atoms with E-state index in [-0.39, 0.29) is 0 Å². The first-order chi connectivity index (χ1) is 9.93. The SMILES string of the molecule is CCCOCCCNC1CCCCCCCCCCC1. The van der Waals surface area contributed by atoms with Gasteiger partial charge in [0.15, 0.2) is 0 Å². The molecule has 120 valence electrons. The lowest BCUT2D eigenvalue weighted by molar-refractivity contribution is 0.131. The zero-order valence-corrected chi connectivity index (χ0v) is 13.8. The lowest BCUT2D eigenvalue weighted by atomic mass is 9.98. The lowest BCUT2D eigenvalue weighted by Crippen LogP contribution is -2.30. The molecule has 0 radical (unpaired) electrons. The predicted molar refractivity (Wildman–Crippen MR) is 88.3 cm³/mol. The van der Waals surface area contributed by atoms with Crippen LogP contribution in [0.3, 0.4) is 0 Å². The highest BCUT2D eigenvalue weighted by molar-refractivity contribution is 4.68.